The molecule has 0 radical (unpaired) electrons. The van der Waals surface area contributed by atoms with E-state index in [0.717, 1.165) is 40.6 Å². The molecule has 1 aromatic carbocycles. The van der Waals surface area contributed by atoms with Gasteiger partial charge >= 0.3 is 12.0 Å². The minimum absolute atomic E-state index is 0.120. The number of likely N-dealkylation sites (tertiary alicyclic amines) is 1. The van der Waals surface area contributed by atoms with Crippen LogP contribution in [-0.4, -0.2) is 59.8 Å². The molecule has 1 aromatic heterocycles. The minimum atomic E-state index is -0.275. The Morgan fingerprint density at radius 1 is 1.18 bits per heavy atom. The number of pyridine rings is 1. The molecule has 9 heteroatoms. The lowest BCUT2D eigenvalue weighted by molar-refractivity contribution is -0.149. The molecule has 3 amide bonds. The largest absolute Gasteiger partial charge is 0.466 e. The molecular weight excluding hydrogens is 452 g/mol. The summed E-state index contributed by atoms with van der Waals surface area (Å²) < 4.78 is 5.13. The average molecular weight is 483 g/mol. The highest BCUT2D eigenvalue weighted by Crippen LogP contribution is 2.36. The topological polar surface area (TPSA) is 91.8 Å². The second-order valence-corrected chi connectivity index (χ2v) is 9.67. The highest BCUT2D eigenvalue weighted by Gasteiger charge is 2.30. The van der Waals surface area contributed by atoms with Gasteiger partial charge in [0.05, 0.1) is 18.2 Å². The van der Waals surface area contributed by atoms with Crippen LogP contribution in [0, 0.1) is 19.8 Å². The van der Waals surface area contributed by atoms with Crippen molar-refractivity contribution < 1.29 is 19.1 Å². The van der Waals surface area contributed by atoms with Crippen LogP contribution in [0.2, 0.25) is 0 Å². The predicted octanol–water partition coefficient (Wildman–Crippen LogP) is 4.26. The molecule has 2 aromatic rings. The van der Waals surface area contributed by atoms with Crippen molar-refractivity contribution in [2.24, 2.45) is 5.92 Å². The van der Waals surface area contributed by atoms with E-state index in [4.69, 9.17) is 4.74 Å². The van der Waals surface area contributed by atoms with Gasteiger partial charge in [0.2, 0.25) is 0 Å². The van der Waals surface area contributed by atoms with E-state index in [2.05, 4.69) is 10.3 Å². The zero-order valence-electron chi connectivity index (χ0n) is 19.8. The molecule has 34 heavy (non-hydrogen) atoms. The fourth-order valence-corrected chi connectivity index (χ4v) is 5.54. The van der Waals surface area contributed by atoms with Crippen molar-refractivity contribution in [1.82, 2.24) is 9.88 Å². The van der Waals surface area contributed by atoms with Crippen molar-refractivity contribution in [3.05, 3.63) is 47.2 Å². The number of urea groups is 1. The third kappa shape index (κ3) is 5.19. The Morgan fingerprint density at radius 3 is 2.68 bits per heavy atom. The quantitative estimate of drug-likeness (QED) is 0.655. The Kier molecular flexibility index (Phi) is 7.41. The van der Waals surface area contributed by atoms with Gasteiger partial charge in [-0.1, -0.05) is 0 Å². The number of aromatic nitrogens is 1. The number of hydrogen-bond acceptors (Lipinski definition) is 6. The zero-order valence-corrected chi connectivity index (χ0v) is 20.6. The van der Waals surface area contributed by atoms with E-state index in [1.807, 2.05) is 19.9 Å². The van der Waals surface area contributed by atoms with Crippen LogP contribution in [0.5, 0.6) is 0 Å². The highest BCUT2D eigenvalue weighted by molar-refractivity contribution is 7.99. The zero-order chi connectivity index (χ0) is 24.2. The number of thioether (sulfide) groups is 1. The van der Waals surface area contributed by atoms with E-state index in [1.54, 1.807) is 52.8 Å². The lowest BCUT2D eigenvalue weighted by Crippen LogP contribution is -2.42. The van der Waals surface area contributed by atoms with E-state index in [-0.39, 0.29) is 23.8 Å². The fourth-order valence-electron chi connectivity index (χ4n) is 4.46. The molecule has 0 saturated carbocycles. The van der Waals surface area contributed by atoms with Crippen molar-refractivity contribution >= 4 is 41.0 Å². The number of rotatable bonds is 4. The molecule has 2 aliphatic rings. The first-order valence-electron chi connectivity index (χ1n) is 11.6. The Balaban J connectivity index is 1.41. The van der Waals surface area contributed by atoms with Gasteiger partial charge < -0.3 is 15.0 Å². The number of benzene rings is 1. The Labute approximate surface area is 204 Å². The summed E-state index contributed by atoms with van der Waals surface area (Å²) in [5.74, 6) is 0.151. The van der Waals surface area contributed by atoms with Gasteiger partial charge in [-0.15, -0.1) is 11.8 Å². The number of amides is 3. The monoisotopic (exact) mass is 482 g/mol. The molecule has 1 unspecified atom stereocenters. The van der Waals surface area contributed by atoms with E-state index >= 15 is 0 Å². The molecule has 0 bridgehead atoms. The van der Waals surface area contributed by atoms with Crippen molar-refractivity contribution in [2.45, 2.75) is 38.6 Å². The number of anilines is 2. The number of aryl methyl sites for hydroxylation is 2. The first kappa shape index (κ1) is 24.1. The SMILES string of the molecule is CCOC(=O)C1CCCN(C(=O)c2ccc(NC(=O)N3CCSc4nc(C)cc(C)c43)cc2)C1. The van der Waals surface area contributed by atoms with Gasteiger partial charge in [0.1, 0.15) is 5.03 Å². The van der Waals surface area contributed by atoms with Crippen LogP contribution in [0.15, 0.2) is 35.4 Å². The molecule has 8 nitrogen and oxygen atoms in total. The molecular formula is C25H30N4O4S. The van der Waals surface area contributed by atoms with Gasteiger partial charge in [0.25, 0.3) is 5.91 Å². The van der Waals surface area contributed by atoms with Crippen molar-refractivity contribution in [3.63, 3.8) is 0 Å². The number of hydrogen-bond donors (Lipinski definition) is 1. The molecule has 4 rings (SSSR count). The van der Waals surface area contributed by atoms with Gasteiger partial charge in [-0.05, 0) is 69.5 Å². The van der Waals surface area contributed by atoms with E-state index in [9.17, 15) is 14.4 Å². The van der Waals surface area contributed by atoms with Crippen LogP contribution >= 0.6 is 11.8 Å². The summed E-state index contributed by atoms with van der Waals surface area (Å²) in [5, 5.41) is 3.82. The highest BCUT2D eigenvalue weighted by atomic mass is 32.2. The summed E-state index contributed by atoms with van der Waals surface area (Å²) in [6.45, 7) is 7.66. The number of carbonyl (C=O) groups excluding carboxylic acids is 3. The van der Waals surface area contributed by atoms with Gasteiger partial charge in [0.15, 0.2) is 0 Å². The molecule has 0 aliphatic carbocycles. The normalized spacial score (nSPS) is 17.7. The number of fused-ring (bicyclic) bond motifs is 1. The fraction of sp³-hybridized carbons (Fsp3) is 0.440. The molecule has 0 spiro atoms. The Hall–Kier alpha value is -3.07. The second kappa shape index (κ2) is 10.5. The number of piperidine rings is 1. The molecule has 1 N–H and O–H groups in total. The number of ether oxygens (including phenoxy) is 1. The molecule has 2 aliphatic heterocycles. The van der Waals surface area contributed by atoms with Gasteiger partial charge in [-0.2, -0.15) is 0 Å². The summed E-state index contributed by atoms with van der Waals surface area (Å²) in [5.41, 5.74) is 3.95. The lowest BCUT2D eigenvalue weighted by atomic mass is 9.97. The van der Waals surface area contributed by atoms with Gasteiger partial charge in [-0.25, -0.2) is 9.78 Å². The van der Waals surface area contributed by atoms with E-state index < -0.39 is 0 Å². The molecule has 1 saturated heterocycles. The first-order valence-corrected chi connectivity index (χ1v) is 12.6. The summed E-state index contributed by atoms with van der Waals surface area (Å²) in [4.78, 5) is 46.1. The number of nitrogens with one attached hydrogen (secondary N) is 1. The summed E-state index contributed by atoms with van der Waals surface area (Å²) >= 11 is 1.66. The van der Waals surface area contributed by atoms with Crippen LogP contribution in [0.1, 0.15) is 41.4 Å². The van der Waals surface area contributed by atoms with Crippen LogP contribution in [0.3, 0.4) is 0 Å². The van der Waals surface area contributed by atoms with Crippen LogP contribution in [0.25, 0.3) is 0 Å². The maximum Gasteiger partial charge on any atom is 0.326 e. The molecule has 1 atom stereocenters. The van der Waals surface area contributed by atoms with Crippen LogP contribution < -0.4 is 10.2 Å². The van der Waals surface area contributed by atoms with E-state index in [1.165, 1.54) is 0 Å². The molecule has 1 fully saturated rings. The van der Waals surface area contributed by atoms with Crippen molar-refractivity contribution in [1.29, 1.82) is 0 Å². The predicted molar refractivity (Wildman–Crippen MR) is 133 cm³/mol. The number of esters is 1. The standard InChI is InChI=1S/C25H30N4O4S/c1-4-33-24(31)19-6-5-11-28(15-19)23(30)18-7-9-20(10-8-18)27-25(32)29-12-13-34-22-21(29)16(2)14-17(3)26-22/h7-10,14,19H,4-6,11-13,15H2,1-3H3,(H,27,32). The van der Waals surface area contributed by atoms with E-state index in [0.29, 0.717) is 37.5 Å². The second-order valence-electron chi connectivity index (χ2n) is 8.58. The van der Waals surface area contributed by atoms with Crippen LogP contribution in [0.4, 0.5) is 16.2 Å². The first-order chi connectivity index (χ1) is 16.4. The van der Waals surface area contributed by atoms with Crippen molar-refractivity contribution in [2.75, 3.05) is 42.2 Å². The Morgan fingerprint density at radius 2 is 1.94 bits per heavy atom. The maximum absolute atomic E-state index is 13.0. The summed E-state index contributed by atoms with van der Waals surface area (Å²) in [6, 6.07) is 8.65. The lowest BCUT2D eigenvalue weighted by Gasteiger charge is -2.31. The van der Waals surface area contributed by atoms with Crippen LogP contribution in [-0.2, 0) is 9.53 Å². The van der Waals surface area contributed by atoms with Gasteiger partial charge in [-0.3, -0.25) is 14.5 Å². The third-order valence-electron chi connectivity index (χ3n) is 6.06. The number of carbonyl (C=O) groups is 3. The summed E-state index contributed by atoms with van der Waals surface area (Å²) in [6.07, 6.45) is 1.51. The third-order valence-corrected chi connectivity index (χ3v) is 7.00. The van der Waals surface area contributed by atoms with Crippen molar-refractivity contribution in [3.8, 4) is 0 Å². The molecule has 180 valence electrons. The smallest absolute Gasteiger partial charge is 0.326 e. The Bertz CT molecular complexity index is 1090. The summed E-state index contributed by atoms with van der Waals surface area (Å²) in [7, 11) is 0. The molecule has 3 heterocycles. The number of nitrogens with zero attached hydrogens (tertiary/aromatic N) is 3. The minimum Gasteiger partial charge on any atom is -0.466 e. The maximum atomic E-state index is 13.0. The average Bonchev–Trinajstić information content (AvgIpc) is 2.83. The van der Waals surface area contributed by atoms with Gasteiger partial charge in [0, 0.05) is 42.3 Å².